The summed E-state index contributed by atoms with van der Waals surface area (Å²) in [4.78, 5) is 2.53. The summed E-state index contributed by atoms with van der Waals surface area (Å²) in [7, 11) is 1.72. The van der Waals surface area contributed by atoms with E-state index < -0.39 is 0 Å². The molecule has 0 aliphatic carbocycles. The van der Waals surface area contributed by atoms with Crippen molar-refractivity contribution in [3.63, 3.8) is 0 Å². The van der Waals surface area contributed by atoms with E-state index in [0.717, 1.165) is 6.42 Å². The van der Waals surface area contributed by atoms with Crippen molar-refractivity contribution >= 4 is 11.3 Å². The van der Waals surface area contributed by atoms with Gasteiger partial charge in [-0.15, -0.1) is 11.3 Å². The molecule has 2 unspecified atom stereocenters. The molecular weight excluding hydrogens is 196 g/mol. The van der Waals surface area contributed by atoms with Crippen LogP contribution in [0, 0.1) is 6.92 Å². The summed E-state index contributed by atoms with van der Waals surface area (Å²) in [6.07, 6.45) is 1.08. The van der Waals surface area contributed by atoms with Crippen LogP contribution in [0.4, 0.5) is 0 Å². The van der Waals surface area contributed by atoms with E-state index in [-0.39, 0.29) is 12.1 Å². The number of hydrogen-bond acceptors (Lipinski definition) is 4. The Hall–Kier alpha value is -0.420. The SMILES string of the molecule is CCC(OC)C(NN)c1ccc(C)s1. The second-order valence-electron chi connectivity index (χ2n) is 3.28. The zero-order chi connectivity index (χ0) is 10.6. The molecule has 1 heterocycles. The maximum Gasteiger partial charge on any atom is 0.0814 e. The number of methoxy groups -OCH3 is 1. The average Bonchev–Trinajstić information content (AvgIpc) is 2.60. The number of thiophene rings is 1. The van der Waals surface area contributed by atoms with Gasteiger partial charge in [0.2, 0.25) is 0 Å². The Morgan fingerprint density at radius 3 is 2.64 bits per heavy atom. The minimum Gasteiger partial charge on any atom is -0.379 e. The number of hydrogen-bond donors (Lipinski definition) is 2. The molecule has 3 N–H and O–H groups in total. The summed E-state index contributed by atoms with van der Waals surface area (Å²) < 4.78 is 5.38. The number of nitrogens with one attached hydrogen (secondary N) is 1. The highest BCUT2D eigenvalue weighted by atomic mass is 32.1. The number of rotatable bonds is 5. The molecule has 0 aliphatic heterocycles. The van der Waals surface area contributed by atoms with Gasteiger partial charge in [-0.3, -0.25) is 5.84 Å². The van der Waals surface area contributed by atoms with E-state index in [4.69, 9.17) is 10.6 Å². The van der Waals surface area contributed by atoms with Gasteiger partial charge in [0.15, 0.2) is 0 Å². The van der Waals surface area contributed by atoms with Crippen LogP contribution >= 0.6 is 11.3 Å². The van der Waals surface area contributed by atoms with Crippen molar-refractivity contribution < 1.29 is 4.74 Å². The molecule has 0 amide bonds. The lowest BCUT2D eigenvalue weighted by Gasteiger charge is -2.23. The Morgan fingerprint density at radius 1 is 1.57 bits per heavy atom. The molecule has 2 atom stereocenters. The second kappa shape index (κ2) is 5.46. The van der Waals surface area contributed by atoms with Crippen molar-refractivity contribution in [1.82, 2.24) is 5.43 Å². The van der Waals surface area contributed by atoms with Crippen LogP contribution in [0.5, 0.6) is 0 Å². The molecule has 1 aromatic rings. The van der Waals surface area contributed by atoms with Crippen LogP contribution in [0.25, 0.3) is 0 Å². The van der Waals surface area contributed by atoms with Crippen LogP contribution < -0.4 is 11.3 Å². The van der Waals surface area contributed by atoms with Gasteiger partial charge in [0, 0.05) is 16.9 Å². The highest BCUT2D eigenvalue weighted by Crippen LogP contribution is 2.26. The smallest absolute Gasteiger partial charge is 0.0814 e. The quantitative estimate of drug-likeness (QED) is 0.582. The van der Waals surface area contributed by atoms with E-state index in [9.17, 15) is 0 Å². The maximum absolute atomic E-state index is 5.54. The molecular formula is C10H18N2OS. The van der Waals surface area contributed by atoms with Gasteiger partial charge in [-0.2, -0.15) is 0 Å². The fourth-order valence-corrected chi connectivity index (χ4v) is 2.52. The lowest BCUT2D eigenvalue weighted by Crippen LogP contribution is -2.36. The molecule has 0 fully saturated rings. The van der Waals surface area contributed by atoms with Crippen molar-refractivity contribution in [3.05, 3.63) is 21.9 Å². The Morgan fingerprint density at radius 2 is 2.29 bits per heavy atom. The van der Waals surface area contributed by atoms with Crippen molar-refractivity contribution in [2.75, 3.05) is 7.11 Å². The molecule has 0 aliphatic rings. The molecule has 0 aromatic carbocycles. The van der Waals surface area contributed by atoms with Crippen molar-refractivity contribution in [1.29, 1.82) is 0 Å². The second-order valence-corrected chi connectivity index (χ2v) is 4.59. The molecule has 0 saturated heterocycles. The largest absolute Gasteiger partial charge is 0.379 e. The fraction of sp³-hybridized carbons (Fsp3) is 0.600. The zero-order valence-corrected chi connectivity index (χ0v) is 9.73. The van der Waals surface area contributed by atoms with E-state index in [1.54, 1.807) is 18.4 Å². The van der Waals surface area contributed by atoms with Gasteiger partial charge >= 0.3 is 0 Å². The van der Waals surface area contributed by atoms with Crippen molar-refractivity contribution in [3.8, 4) is 0 Å². The molecule has 0 saturated carbocycles. The first-order chi connectivity index (χ1) is 6.72. The van der Waals surface area contributed by atoms with Crippen LogP contribution in [0.1, 0.15) is 29.1 Å². The van der Waals surface area contributed by atoms with Gasteiger partial charge in [-0.05, 0) is 25.5 Å². The number of hydrazine groups is 1. The molecule has 0 radical (unpaired) electrons. The van der Waals surface area contributed by atoms with E-state index in [2.05, 4.69) is 31.4 Å². The van der Waals surface area contributed by atoms with Crippen LogP contribution in [-0.2, 0) is 4.74 Å². The van der Waals surface area contributed by atoms with Gasteiger partial charge < -0.3 is 4.74 Å². The van der Waals surface area contributed by atoms with Gasteiger partial charge in [0.25, 0.3) is 0 Å². The molecule has 1 rings (SSSR count). The molecule has 1 aromatic heterocycles. The first-order valence-corrected chi connectivity index (χ1v) is 5.59. The Balaban J connectivity index is 2.80. The van der Waals surface area contributed by atoms with Crippen molar-refractivity contribution in [2.24, 2.45) is 5.84 Å². The van der Waals surface area contributed by atoms with Crippen LogP contribution in [0.3, 0.4) is 0 Å². The number of nitrogens with two attached hydrogens (primary N) is 1. The van der Waals surface area contributed by atoms with E-state index in [1.807, 2.05) is 0 Å². The molecule has 4 heteroatoms. The standard InChI is InChI=1S/C10H18N2OS/c1-4-8(13-3)10(12-11)9-6-5-7(2)14-9/h5-6,8,10,12H,4,11H2,1-3H3. The molecule has 3 nitrogen and oxygen atoms in total. The summed E-state index contributed by atoms with van der Waals surface area (Å²) >= 11 is 1.76. The summed E-state index contributed by atoms with van der Waals surface area (Å²) in [6.45, 7) is 4.19. The third kappa shape index (κ3) is 2.54. The van der Waals surface area contributed by atoms with Crippen LogP contribution in [-0.4, -0.2) is 13.2 Å². The summed E-state index contributed by atoms with van der Waals surface area (Å²) in [5.41, 5.74) is 2.82. The Kier molecular flexibility index (Phi) is 4.54. The highest BCUT2D eigenvalue weighted by Gasteiger charge is 2.21. The molecule has 0 bridgehead atoms. The van der Waals surface area contributed by atoms with Crippen molar-refractivity contribution in [2.45, 2.75) is 32.4 Å². The molecule has 14 heavy (non-hydrogen) atoms. The van der Waals surface area contributed by atoms with Gasteiger partial charge in [0.05, 0.1) is 12.1 Å². The predicted molar refractivity (Wildman–Crippen MR) is 60.2 cm³/mol. The molecule has 80 valence electrons. The van der Waals surface area contributed by atoms with E-state index >= 15 is 0 Å². The summed E-state index contributed by atoms with van der Waals surface area (Å²) in [6, 6.07) is 4.31. The van der Waals surface area contributed by atoms with Crippen LogP contribution in [0.15, 0.2) is 12.1 Å². The minimum absolute atomic E-state index is 0.101. The third-order valence-corrected chi connectivity index (χ3v) is 3.41. The minimum atomic E-state index is 0.101. The first-order valence-electron chi connectivity index (χ1n) is 4.78. The fourth-order valence-electron chi connectivity index (χ4n) is 1.53. The Labute approximate surface area is 89.2 Å². The van der Waals surface area contributed by atoms with Gasteiger partial charge in [-0.1, -0.05) is 6.92 Å². The lowest BCUT2D eigenvalue weighted by molar-refractivity contribution is 0.0662. The van der Waals surface area contributed by atoms with Crippen LogP contribution in [0.2, 0.25) is 0 Å². The lowest BCUT2D eigenvalue weighted by atomic mass is 10.1. The third-order valence-electron chi connectivity index (χ3n) is 2.32. The topological polar surface area (TPSA) is 47.3 Å². The summed E-state index contributed by atoms with van der Waals surface area (Å²) in [5, 5.41) is 0. The predicted octanol–water partition coefficient (Wildman–Crippen LogP) is 1.99. The number of aryl methyl sites for hydroxylation is 1. The van der Waals surface area contributed by atoms with Gasteiger partial charge in [-0.25, -0.2) is 5.43 Å². The monoisotopic (exact) mass is 214 g/mol. The normalized spacial score (nSPS) is 15.4. The van der Waals surface area contributed by atoms with E-state index in [0.29, 0.717) is 0 Å². The van der Waals surface area contributed by atoms with E-state index in [1.165, 1.54) is 9.75 Å². The average molecular weight is 214 g/mol. The Bertz CT molecular complexity index is 271. The first kappa shape index (κ1) is 11.7. The highest BCUT2D eigenvalue weighted by molar-refractivity contribution is 7.12. The van der Waals surface area contributed by atoms with Gasteiger partial charge in [0.1, 0.15) is 0 Å². The number of ether oxygens (including phenoxy) is 1. The maximum atomic E-state index is 5.54. The molecule has 0 spiro atoms. The summed E-state index contributed by atoms with van der Waals surface area (Å²) in [5.74, 6) is 5.54. The zero-order valence-electron chi connectivity index (χ0n) is 8.91.